The molecule has 1 N–H and O–H groups in total. The van der Waals surface area contributed by atoms with E-state index in [0.717, 1.165) is 5.56 Å². The van der Waals surface area contributed by atoms with Crippen molar-refractivity contribution in [2.75, 3.05) is 48.2 Å². The summed E-state index contributed by atoms with van der Waals surface area (Å²) >= 11 is 0. The van der Waals surface area contributed by atoms with Gasteiger partial charge in [-0.1, -0.05) is 51.5 Å². The Morgan fingerprint density at radius 2 is 1.44 bits per heavy atom. The van der Waals surface area contributed by atoms with Crippen LogP contribution in [0.5, 0.6) is 34.5 Å². The van der Waals surface area contributed by atoms with Gasteiger partial charge in [-0.15, -0.1) is 0 Å². The number of Topliss-reactive ketones (excluding diaryl/α,β-unsaturated/α-hetero) is 3. The monoisotopic (exact) mass is 1100 g/mol. The number of esters is 1. The Bertz CT molecular complexity index is 2970. The number of methoxy groups -OCH3 is 4. The molecule has 4 aromatic carbocycles. The van der Waals surface area contributed by atoms with Crippen LogP contribution in [0.25, 0.3) is 0 Å². The minimum absolute atomic E-state index is 0.126. The summed E-state index contributed by atoms with van der Waals surface area (Å²) in [4.78, 5) is 107. The zero-order valence-electron chi connectivity index (χ0n) is 46.6. The molecule has 0 aliphatic carbocycles. The number of rotatable bonds is 28. The quantitative estimate of drug-likeness (QED) is 0.0183. The maximum atomic E-state index is 14.1. The Kier molecular flexibility index (Phi) is 20.5. The normalized spacial score (nSPS) is 16.6. The lowest BCUT2D eigenvalue weighted by Gasteiger charge is -2.36. The van der Waals surface area contributed by atoms with Crippen LogP contribution in [0.3, 0.4) is 0 Å². The summed E-state index contributed by atoms with van der Waals surface area (Å²) in [6.45, 7) is 5.25. The lowest BCUT2D eigenvalue weighted by atomic mass is 9.84. The maximum absolute atomic E-state index is 14.1. The van der Waals surface area contributed by atoms with E-state index in [0.29, 0.717) is 103 Å². The van der Waals surface area contributed by atoms with Gasteiger partial charge in [0.15, 0.2) is 34.6 Å². The van der Waals surface area contributed by atoms with Crippen LogP contribution in [0.15, 0.2) is 83.0 Å². The van der Waals surface area contributed by atoms with E-state index in [1.54, 1.807) is 82.7 Å². The molecule has 4 aromatic rings. The molecular formula is C60H71N5O15. The third kappa shape index (κ3) is 14.7. The van der Waals surface area contributed by atoms with Crippen molar-refractivity contribution in [2.45, 2.75) is 129 Å². The maximum Gasteiger partial charge on any atom is 0.329 e. The highest BCUT2D eigenvalue weighted by atomic mass is 16.6. The van der Waals surface area contributed by atoms with Gasteiger partial charge in [-0.25, -0.2) is 4.79 Å². The van der Waals surface area contributed by atoms with Gasteiger partial charge in [-0.3, -0.25) is 38.9 Å². The van der Waals surface area contributed by atoms with Crippen molar-refractivity contribution >= 4 is 58.3 Å². The molecule has 0 spiro atoms. The molecule has 20 heteroatoms. The fraction of sp³-hybridized carbons (Fsp3) is 0.467. The number of carbonyl (C=O) groups is 8. The molecule has 0 bridgehead atoms. The average molecular weight is 1100 g/mol. The fourth-order valence-electron chi connectivity index (χ4n) is 9.77. The SMILES string of the molecule is CCC(C)(C)C(=O)C(=O)N1CCCC[C@H]1C(=O)O[C@H](CCc1ccc(OC)c(OC)c1)c1cccc(OCC(=O)CCCCCC(=O)COc2c(OC)cc(N=Nc3cccc4c3CN(C3CCC(=O)NC3=O)C4=O)cc2OC)c1. The van der Waals surface area contributed by atoms with Crippen molar-refractivity contribution in [3.63, 3.8) is 0 Å². The summed E-state index contributed by atoms with van der Waals surface area (Å²) in [5.74, 6) is -1.11. The standard InChI is InChI=1S/C60H71N5O15/c1-8-60(2,3)55(69)58(72)64-29-13-12-22-47(64)59(73)80-48(26-23-37-24-27-49(74-4)50(30-37)75-5)38-16-14-19-42(31-38)78-35-40(66)17-10-9-11-18-41(67)36-79-54-51(76-6)32-39(33-52(54)77-7)62-63-45-21-15-20-43-44(45)34-65(57(43)71)46-25-28-53(68)61-56(46)70/h14-16,19-21,24,27,30-33,46-48H,8-13,17-18,22-23,25-26,28-29,34-36H2,1-7H3,(H,61,68,70)/t46?,47-,48+/m0/s1. The van der Waals surface area contributed by atoms with Crippen LogP contribution in [0.2, 0.25) is 0 Å². The molecule has 0 radical (unpaired) electrons. The first-order valence-electron chi connectivity index (χ1n) is 27.1. The Hall–Kier alpha value is -8.16. The van der Waals surface area contributed by atoms with Crippen molar-refractivity contribution < 1.29 is 71.5 Å². The molecule has 4 amide bonds. The molecule has 2 saturated heterocycles. The minimum atomic E-state index is -0.922. The summed E-state index contributed by atoms with van der Waals surface area (Å²) in [5, 5.41) is 11.1. The van der Waals surface area contributed by atoms with Gasteiger partial charge in [0, 0.05) is 61.0 Å². The number of benzene rings is 4. The molecule has 20 nitrogen and oxygen atoms in total. The largest absolute Gasteiger partial charge is 0.493 e. The number of piperidine rings is 2. The number of fused-ring (bicyclic) bond motifs is 1. The van der Waals surface area contributed by atoms with Crippen molar-refractivity contribution in [1.82, 2.24) is 15.1 Å². The van der Waals surface area contributed by atoms with E-state index in [-0.39, 0.29) is 92.6 Å². The van der Waals surface area contributed by atoms with E-state index in [1.165, 1.54) is 24.0 Å². The van der Waals surface area contributed by atoms with Crippen LogP contribution in [0.4, 0.5) is 11.4 Å². The second-order valence-electron chi connectivity index (χ2n) is 20.6. The molecule has 80 heavy (non-hydrogen) atoms. The van der Waals surface area contributed by atoms with Crippen LogP contribution < -0.4 is 33.7 Å². The highest BCUT2D eigenvalue weighted by Gasteiger charge is 2.42. The molecule has 3 aliphatic heterocycles. The van der Waals surface area contributed by atoms with Gasteiger partial charge >= 0.3 is 5.97 Å². The Morgan fingerprint density at radius 1 is 0.750 bits per heavy atom. The van der Waals surface area contributed by atoms with Crippen LogP contribution in [-0.2, 0) is 51.3 Å². The number of azo groups is 1. The lowest BCUT2D eigenvalue weighted by Crippen LogP contribution is -2.53. The number of nitrogens with one attached hydrogen (secondary N) is 1. The second-order valence-corrected chi connectivity index (χ2v) is 20.6. The minimum Gasteiger partial charge on any atom is -0.493 e. The third-order valence-corrected chi connectivity index (χ3v) is 14.8. The number of ketones is 3. The molecule has 1 unspecified atom stereocenters. The van der Waals surface area contributed by atoms with Crippen molar-refractivity contribution in [3.8, 4) is 34.5 Å². The smallest absolute Gasteiger partial charge is 0.329 e. The number of carbonyl (C=O) groups excluding carboxylic acids is 8. The first kappa shape index (κ1) is 59.5. The number of aryl methyl sites for hydroxylation is 1. The van der Waals surface area contributed by atoms with Gasteiger partial charge in [0.2, 0.25) is 23.3 Å². The van der Waals surface area contributed by atoms with E-state index < -0.39 is 47.2 Å². The van der Waals surface area contributed by atoms with Crippen LogP contribution in [-0.4, -0.2) is 117 Å². The van der Waals surface area contributed by atoms with Gasteiger partial charge in [-0.2, -0.15) is 10.2 Å². The number of likely N-dealkylation sites (tertiary alicyclic amines) is 1. The Morgan fingerprint density at radius 3 is 2.11 bits per heavy atom. The topological polar surface area (TPSA) is 244 Å². The number of imide groups is 1. The summed E-state index contributed by atoms with van der Waals surface area (Å²) in [7, 11) is 5.98. The number of hydrogen-bond donors (Lipinski definition) is 1. The van der Waals surface area contributed by atoms with Gasteiger partial charge in [0.1, 0.15) is 37.2 Å². The number of amides is 4. The molecule has 0 aromatic heterocycles. The molecule has 2 fully saturated rings. The van der Waals surface area contributed by atoms with Gasteiger partial charge in [-0.05, 0) is 105 Å². The van der Waals surface area contributed by atoms with Gasteiger partial charge in [0.25, 0.3) is 11.8 Å². The van der Waals surface area contributed by atoms with E-state index in [1.807, 2.05) is 25.1 Å². The third-order valence-electron chi connectivity index (χ3n) is 14.8. The van der Waals surface area contributed by atoms with Crippen LogP contribution in [0, 0.1) is 5.41 Å². The number of unbranched alkanes of at least 4 members (excludes halogenated alkanes) is 2. The van der Waals surface area contributed by atoms with E-state index in [2.05, 4.69) is 15.5 Å². The van der Waals surface area contributed by atoms with Crippen molar-refractivity contribution in [3.05, 3.63) is 95.1 Å². The first-order valence-corrected chi connectivity index (χ1v) is 27.1. The summed E-state index contributed by atoms with van der Waals surface area (Å²) in [6.07, 6.45) is 4.72. The lowest BCUT2D eigenvalue weighted by molar-refractivity contribution is -0.164. The number of nitrogens with zero attached hydrogens (tertiary/aromatic N) is 4. The molecule has 3 heterocycles. The first-order chi connectivity index (χ1) is 38.5. The second kappa shape index (κ2) is 27.6. The summed E-state index contributed by atoms with van der Waals surface area (Å²) in [5.41, 5.74) is 2.42. The van der Waals surface area contributed by atoms with Gasteiger partial charge < -0.3 is 43.0 Å². The van der Waals surface area contributed by atoms with Gasteiger partial charge in [0.05, 0.1) is 39.8 Å². The number of ether oxygens (including phenoxy) is 7. The fourth-order valence-corrected chi connectivity index (χ4v) is 9.77. The Labute approximate surface area is 465 Å². The molecule has 426 valence electrons. The van der Waals surface area contributed by atoms with E-state index >= 15 is 0 Å². The molecule has 3 atom stereocenters. The Balaban J connectivity index is 0.894. The highest BCUT2D eigenvalue weighted by molar-refractivity contribution is 6.38. The zero-order valence-corrected chi connectivity index (χ0v) is 46.6. The predicted molar refractivity (Wildman–Crippen MR) is 292 cm³/mol. The van der Waals surface area contributed by atoms with Crippen molar-refractivity contribution in [1.29, 1.82) is 0 Å². The molecule has 3 aliphatic rings. The van der Waals surface area contributed by atoms with Crippen LogP contribution >= 0.6 is 0 Å². The van der Waals surface area contributed by atoms with E-state index in [9.17, 15) is 38.4 Å². The van der Waals surface area contributed by atoms with Crippen molar-refractivity contribution in [2.24, 2.45) is 15.6 Å². The summed E-state index contributed by atoms with van der Waals surface area (Å²) in [6, 6.07) is 19.1. The predicted octanol–water partition coefficient (Wildman–Crippen LogP) is 9.05. The molecular weight excluding hydrogens is 1030 g/mol. The van der Waals surface area contributed by atoms with Crippen LogP contribution in [0.1, 0.15) is 131 Å². The number of hydrogen-bond acceptors (Lipinski definition) is 17. The average Bonchev–Trinajstić information content (AvgIpc) is 3.91. The summed E-state index contributed by atoms with van der Waals surface area (Å²) < 4.78 is 40.2. The zero-order chi connectivity index (χ0) is 57.5. The van der Waals surface area contributed by atoms with E-state index in [4.69, 9.17) is 33.2 Å². The highest BCUT2D eigenvalue weighted by Crippen LogP contribution is 2.43. The molecule has 7 rings (SSSR count). The molecule has 0 saturated carbocycles.